The van der Waals surface area contributed by atoms with Crippen LogP contribution in [0.2, 0.25) is 0 Å². The van der Waals surface area contributed by atoms with Crippen molar-refractivity contribution in [2.45, 2.75) is 52.2 Å². The van der Waals surface area contributed by atoms with Crippen LogP contribution in [0.25, 0.3) is 10.9 Å². The third kappa shape index (κ3) is 6.37. The maximum atomic E-state index is 12.9. The molecule has 0 aliphatic carbocycles. The van der Waals surface area contributed by atoms with Crippen LogP contribution in [0.3, 0.4) is 0 Å². The zero-order valence-electron chi connectivity index (χ0n) is 19.7. The normalized spacial score (nSPS) is 12.5. The molecule has 0 saturated heterocycles. The Hall–Kier alpha value is -2.82. The van der Waals surface area contributed by atoms with E-state index in [2.05, 4.69) is 32.3 Å². The minimum atomic E-state index is -0.130. The second-order valence-corrected chi connectivity index (χ2v) is 7.91. The first-order valence-corrected chi connectivity index (χ1v) is 11.5. The van der Waals surface area contributed by atoms with Crippen molar-refractivity contribution in [2.24, 2.45) is 0 Å². The zero-order chi connectivity index (χ0) is 23.6. The zero-order valence-corrected chi connectivity index (χ0v) is 19.7. The van der Waals surface area contributed by atoms with Gasteiger partial charge < -0.3 is 19.6 Å². The van der Waals surface area contributed by atoms with E-state index >= 15 is 0 Å². The molecule has 0 spiro atoms. The molecule has 180 valence electrons. The highest BCUT2D eigenvalue weighted by molar-refractivity contribution is 5.80. The Bertz CT molecular complexity index is 1070. The van der Waals surface area contributed by atoms with Crippen LogP contribution in [0, 0.1) is 0 Å². The maximum absolute atomic E-state index is 12.9. The molecule has 2 heterocycles. The number of rotatable bonds is 14. The summed E-state index contributed by atoms with van der Waals surface area (Å²) in [6, 6.07) is 7.47. The average Bonchev–Trinajstić information content (AvgIpc) is 3.28. The molecule has 1 atom stereocenters. The first kappa shape index (κ1) is 24.8. The molecule has 0 fully saturated rings. The number of aromatic nitrogens is 5. The summed E-state index contributed by atoms with van der Waals surface area (Å²) in [5, 5.41) is 22.7. The number of aromatic amines is 1. The second kappa shape index (κ2) is 12.4. The summed E-state index contributed by atoms with van der Waals surface area (Å²) in [7, 11) is 1.64. The van der Waals surface area contributed by atoms with Crippen molar-refractivity contribution in [3.8, 4) is 5.75 Å². The van der Waals surface area contributed by atoms with Crippen molar-refractivity contribution in [1.29, 1.82) is 0 Å². The highest BCUT2D eigenvalue weighted by Gasteiger charge is 2.26. The number of H-pyrrole nitrogens is 1. The molecular formula is C23H34N6O4. The van der Waals surface area contributed by atoms with E-state index in [1.165, 1.54) is 0 Å². The number of fused-ring (bicyclic) bond motifs is 1. The summed E-state index contributed by atoms with van der Waals surface area (Å²) >= 11 is 0. The van der Waals surface area contributed by atoms with Gasteiger partial charge in [-0.2, -0.15) is 0 Å². The van der Waals surface area contributed by atoms with Gasteiger partial charge in [-0.3, -0.25) is 9.69 Å². The van der Waals surface area contributed by atoms with Crippen molar-refractivity contribution in [3.63, 3.8) is 0 Å². The largest absolute Gasteiger partial charge is 0.494 e. The van der Waals surface area contributed by atoms with Crippen LogP contribution in [-0.2, 0) is 17.8 Å². The lowest BCUT2D eigenvalue weighted by molar-refractivity contribution is 0.141. The molecule has 10 nitrogen and oxygen atoms in total. The molecular weight excluding hydrogens is 424 g/mol. The van der Waals surface area contributed by atoms with E-state index in [1.54, 1.807) is 11.8 Å². The lowest BCUT2D eigenvalue weighted by Gasteiger charge is -2.30. The minimum Gasteiger partial charge on any atom is -0.494 e. The van der Waals surface area contributed by atoms with Gasteiger partial charge in [0.05, 0.1) is 25.8 Å². The highest BCUT2D eigenvalue weighted by Crippen LogP contribution is 2.26. The summed E-state index contributed by atoms with van der Waals surface area (Å²) in [5.41, 5.74) is 1.28. The van der Waals surface area contributed by atoms with Crippen molar-refractivity contribution in [2.75, 3.05) is 33.5 Å². The molecule has 2 N–H and O–H groups in total. The van der Waals surface area contributed by atoms with Gasteiger partial charge in [0.1, 0.15) is 5.75 Å². The van der Waals surface area contributed by atoms with Gasteiger partial charge in [-0.25, -0.2) is 4.68 Å². The van der Waals surface area contributed by atoms with E-state index in [0.29, 0.717) is 44.8 Å². The molecule has 10 heteroatoms. The molecule has 33 heavy (non-hydrogen) atoms. The molecule has 2 aromatic heterocycles. The third-order valence-electron chi connectivity index (χ3n) is 5.55. The van der Waals surface area contributed by atoms with Crippen LogP contribution in [0.4, 0.5) is 0 Å². The molecule has 0 radical (unpaired) electrons. The summed E-state index contributed by atoms with van der Waals surface area (Å²) in [6.07, 6.45) is 2.32. The lowest BCUT2D eigenvalue weighted by Crippen LogP contribution is -2.34. The number of hydrogen-bond acceptors (Lipinski definition) is 8. The number of hydrogen-bond donors (Lipinski definition) is 2. The van der Waals surface area contributed by atoms with Gasteiger partial charge in [0.2, 0.25) is 0 Å². The van der Waals surface area contributed by atoms with Crippen LogP contribution >= 0.6 is 0 Å². The number of ether oxygens (including phenoxy) is 2. The van der Waals surface area contributed by atoms with Crippen molar-refractivity contribution < 1.29 is 14.6 Å². The number of nitrogens with one attached hydrogen (secondary N) is 1. The maximum Gasteiger partial charge on any atom is 0.252 e. The van der Waals surface area contributed by atoms with Gasteiger partial charge in [0.15, 0.2) is 5.82 Å². The fourth-order valence-electron chi connectivity index (χ4n) is 3.98. The van der Waals surface area contributed by atoms with Gasteiger partial charge in [-0.05, 0) is 54.5 Å². The molecule has 1 unspecified atom stereocenters. The van der Waals surface area contributed by atoms with Crippen molar-refractivity contribution >= 4 is 10.9 Å². The van der Waals surface area contributed by atoms with E-state index in [4.69, 9.17) is 9.47 Å². The fourth-order valence-corrected chi connectivity index (χ4v) is 3.98. The molecule has 0 amide bonds. The van der Waals surface area contributed by atoms with E-state index in [-0.39, 0.29) is 18.2 Å². The quantitative estimate of drug-likeness (QED) is 0.378. The van der Waals surface area contributed by atoms with Crippen LogP contribution in [0.15, 0.2) is 29.1 Å². The van der Waals surface area contributed by atoms with Crippen molar-refractivity contribution in [3.05, 3.63) is 46.0 Å². The topological polar surface area (TPSA) is 118 Å². The molecule has 1 aromatic carbocycles. The fraction of sp³-hybridized carbons (Fsp3) is 0.565. The summed E-state index contributed by atoms with van der Waals surface area (Å²) in [5.74, 6) is 1.50. The number of aliphatic hydroxyl groups excluding tert-OH is 1. The Morgan fingerprint density at radius 1 is 1.27 bits per heavy atom. The average molecular weight is 459 g/mol. The van der Waals surface area contributed by atoms with Gasteiger partial charge in [0.25, 0.3) is 5.56 Å². The van der Waals surface area contributed by atoms with Crippen LogP contribution in [0.5, 0.6) is 5.75 Å². The van der Waals surface area contributed by atoms with Gasteiger partial charge >= 0.3 is 0 Å². The predicted octanol–water partition coefficient (Wildman–Crippen LogP) is 2.29. The van der Waals surface area contributed by atoms with Crippen LogP contribution in [-0.4, -0.2) is 68.7 Å². The first-order chi connectivity index (χ1) is 16.1. The number of pyridine rings is 1. The van der Waals surface area contributed by atoms with Gasteiger partial charge in [-0.15, -0.1) is 5.10 Å². The standard InChI is InChI=1S/C23H34N6O4/c1-4-7-21(22-25-26-27-29(22)11-13-32-3)28(10-6-12-30)16-18-14-17-15-19(33-5-2)8-9-20(17)24-23(18)31/h8-9,14-15,21,30H,4-7,10-13,16H2,1-3H3,(H,24,31). The monoisotopic (exact) mass is 458 g/mol. The summed E-state index contributed by atoms with van der Waals surface area (Å²) in [4.78, 5) is 18.1. The van der Waals surface area contributed by atoms with E-state index < -0.39 is 0 Å². The molecule has 3 rings (SSSR count). The third-order valence-corrected chi connectivity index (χ3v) is 5.55. The minimum absolute atomic E-state index is 0.0652. The Balaban J connectivity index is 1.96. The lowest BCUT2D eigenvalue weighted by atomic mass is 10.1. The molecule has 0 aliphatic rings. The first-order valence-electron chi connectivity index (χ1n) is 11.5. The Labute approximate surface area is 193 Å². The number of benzene rings is 1. The predicted molar refractivity (Wildman–Crippen MR) is 125 cm³/mol. The smallest absolute Gasteiger partial charge is 0.252 e. The van der Waals surface area contributed by atoms with Crippen LogP contribution < -0.4 is 10.3 Å². The van der Waals surface area contributed by atoms with Crippen LogP contribution in [0.1, 0.15) is 50.5 Å². The summed E-state index contributed by atoms with van der Waals surface area (Å²) < 4.78 is 12.6. The van der Waals surface area contributed by atoms with Gasteiger partial charge in [0, 0.05) is 43.3 Å². The van der Waals surface area contributed by atoms with E-state index in [1.807, 2.05) is 31.2 Å². The highest BCUT2D eigenvalue weighted by atomic mass is 16.5. The Kier molecular flexibility index (Phi) is 9.35. The number of nitrogens with zero attached hydrogens (tertiary/aromatic N) is 5. The molecule has 0 aliphatic heterocycles. The SMILES string of the molecule is CCCC(c1nnnn1CCOC)N(CCCO)Cc1cc2cc(OCC)ccc2[nH]c1=O. The van der Waals surface area contributed by atoms with E-state index in [9.17, 15) is 9.90 Å². The molecule has 0 saturated carbocycles. The van der Waals surface area contributed by atoms with Crippen molar-refractivity contribution in [1.82, 2.24) is 30.1 Å². The second-order valence-electron chi connectivity index (χ2n) is 7.91. The molecule has 0 bridgehead atoms. The Morgan fingerprint density at radius 3 is 2.85 bits per heavy atom. The number of aliphatic hydroxyl groups is 1. The summed E-state index contributed by atoms with van der Waals surface area (Å²) in [6.45, 7) is 6.75. The number of methoxy groups -OCH3 is 1. The Morgan fingerprint density at radius 2 is 2.12 bits per heavy atom. The number of tetrazole rings is 1. The van der Waals surface area contributed by atoms with Gasteiger partial charge in [-0.1, -0.05) is 13.3 Å². The van der Waals surface area contributed by atoms with E-state index in [0.717, 1.165) is 35.3 Å². The molecule has 3 aromatic rings.